The summed E-state index contributed by atoms with van der Waals surface area (Å²) in [6.07, 6.45) is 4.49. The molecule has 8 heteroatoms. The Labute approximate surface area is 217 Å². The molecule has 2 heterocycles. The van der Waals surface area contributed by atoms with E-state index in [9.17, 15) is 13.6 Å². The number of hydrogen-bond donors (Lipinski definition) is 0. The molecule has 1 aliphatic carbocycles. The summed E-state index contributed by atoms with van der Waals surface area (Å²) in [5.41, 5.74) is 4.35. The van der Waals surface area contributed by atoms with Crippen LogP contribution in [-0.4, -0.2) is 22.9 Å². The second kappa shape index (κ2) is 10.6. The summed E-state index contributed by atoms with van der Waals surface area (Å²) < 4.78 is 38.9. The molecular weight excluding hydrogens is 498 g/mol. The van der Waals surface area contributed by atoms with Crippen molar-refractivity contribution >= 4 is 23.0 Å². The number of pyridine rings is 1. The molecule has 0 saturated carbocycles. The molecule has 0 N–H and O–H groups in total. The Bertz CT molecular complexity index is 1460. The van der Waals surface area contributed by atoms with Crippen LogP contribution in [0.3, 0.4) is 0 Å². The molecule has 2 aromatic heterocycles. The first-order valence-corrected chi connectivity index (χ1v) is 12.2. The molecule has 0 spiro atoms. The molecule has 0 fully saturated rings. The van der Waals surface area contributed by atoms with Gasteiger partial charge in [0, 0.05) is 41.5 Å². The monoisotopic (exact) mass is 520 g/mol. The van der Waals surface area contributed by atoms with Crippen LogP contribution >= 0.6 is 11.6 Å². The number of fused-ring (bicyclic) bond motifs is 1. The SMILES string of the molecule is COc1ccc2c(n1)C(CC(=O)CC(Cc1cc(F)cc(F)c1)c1ncoc1-c1ccc(Cl)cc1)=CC2. The number of methoxy groups -OCH3 is 1. The highest BCUT2D eigenvalue weighted by atomic mass is 35.5. The third-order valence-electron chi connectivity index (χ3n) is 6.39. The van der Waals surface area contributed by atoms with E-state index in [0.717, 1.165) is 28.5 Å². The number of carbonyl (C=O) groups excluding carboxylic acids is 1. The fourth-order valence-electron chi connectivity index (χ4n) is 4.71. The largest absolute Gasteiger partial charge is 0.481 e. The molecule has 0 bridgehead atoms. The van der Waals surface area contributed by atoms with Crippen molar-refractivity contribution in [2.45, 2.75) is 31.6 Å². The van der Waals surface area contributed by atoms with Gasteiger partial charge in [-0.25, -0.2) is 18.7 Å². The summed E-state index contributed by atoms with van der Waals surface area (Å²) in [6, 6.07) is 14.2. The highest BCUT2D eigenvalue weighted by Crippen LogP contribution is 2.36. The molecule has 0 amide bonds. The Kier molecular flexibility index (Phi) is 7.15. The second-order valence-corrected chi connectivity index (χ2v) is 9.40. The van der Waals surface area contributed by atoms with Gasteiger partial charge in [0.2, 0.25) is 5.88 Å². The first kappa shape index (κ1) is 24.8. The number of hydrogen-bond acceptors (Lipinski definition) is 5. The predicted molar refractivity (Wildman–Crippen MR) is 136 cm³/mol. The van der Waals surface area contributed by atoms with Crippen molar-refractivity contribution in [3.63, 3.8) is 0 Å². The fraction of sp³-hybridized carbons (Fsp3) is 0.207. The molecule has 2 aromatic carbocycles. The fourth-order valence-corrected chi connectivity index (χ4v) is 4.84. The van der Waals surface area contributed by atoms with Crippen molar-refractivity contribution in [3.8, 4) is 17.2 Å². The average Bonchev–Trinajstić information content (AvgIpc) is 3.51. The van der Waals surface area contributed by atoms with Gasteiger partial charge in [-0.15, -0.1) is 0 Å². The van der Waals surface area contributed by atoms with Crippen LogP contribution in [0.2, 0.25) is 5.02 Å². The van der Waals surface area contributed by atoms with Crippen LogP contribution in [0.4, 0.5) is 8.78 Å². The first-order valence-electron chi connectivity index (χ1n) is 11.8. The van der Waals surface area contributed by atoms with Crippen LogP contribution in [0.1, 0.15) is 41.3 Å². The summed E-state index contributed by atoms with van der Waals surface area (Å²) in [5, 5.41) is 0.571. The second-order valence-electron chi connectivity index (χ2n) is 8.97. The van der Waals surface area contributed by atoms with Crippen LogP contribution in [0.15, 0.2) is 71.5 Å². The topological polar surface area (TPSA) is 65.2 Å². The maximum atomic E-state index is 14.0. The number of nitrogens with zero attached hydrogens (tertiary/aromatic N) is 2. The summed E-state index contributed by atoms with van der Waals surface area (Å²) in [5.74, 6) is -0.895. The molecule has 1 unspecified atom stereocenters. The molecular formula is C29H23ClF2N2O3. The molecule has 188 valence electrons. The van der Waals surface area contributed by atoms with Crippen molar-refractivity contribution < 1.29 is 22.7 Å². The van der Waals surface area contributed by atoms with Gasteiger partial charge in [-0.2, -0.15) is 0 Å². The van der Waals surface area contributed by atoms with Gasteiger partial charge in [-0.05, 0) is 65.9 Å². The molecule has 1 atom stereocenters. The minimum absolute atomic E-state index is 0.0457. The molecule has 0 radical (unpaired) electrons. The number of ketones is 1. The van der Waals surface area contributed by atoms with Crippen LogP contribution in [0.25, 0.3) is 16.9 Å². The van der Waals surface area contributed by atoms with Crippen LogP contribution < -0.4 is 4.74 Å². The van der Waals surface area contributed by atoms with Gasteiger partial charge >= 0.3 is 0 Å². The van der Waals surface area contributed by atoms with Crippen molar-refractivity contribution in [2.24, 2.45) is 0 Å². The van der Waals surface area contributed by atoms with E-state index in [1.807, 2.05) is 12.1 Å². The number of benzene rings is 2. The molecule has 1 aliphatic rings. The quantitative estimate of drug-likeness (QED) is 0.238. The van der Waals surface area contributed by atoms with Gasteiger partial charge in [0.15, 0.2) is 12.2 Å². The van der Waals surface area contributed by atoms with E-state index < -0.39 is 17.6 Å². The van der Waals surface area contributed by atoms with Gasteiger partial charge in [0.05, 0.1) is 18.5 Å². The number of oxazole rings is 1. The van der Waals surface area contributed by atoms with Gasteiger partial charge in [0.25, 0.3) is 0 Å². The lowest BCUT2D eigenvalue weighted by molar-refractivity contribution is -0.118. The highest BCUT2D eigenvalue weighted by molar-refractivity contribution is 6.30. The molecule has 4 aromatic rings. The van der Waals surface area contributed by atoms with Crippen molar-refractivity contribution in [1.29, 1.82) is 0 Å². The molecule has 5 nitrogen and oxygen atoms in total. The smallest absolute Gasteiger partial charge is 0.213 e. The van der Waals surface area contributed by atoms with E-state index in [1.54, 1.807) is 37.4 Å². The number of ether oxygens (including phenoxy) is 1. The van der Waals surface area contributed by atoms with E-state index in [1.165, 1.54) is 18.5 Å². The number of aromatic nitrogens is 2. The van der Waals surface area contributed by atoms with Crippen LogP contribution in [0, 0.1) is 11.6 Å². The Morgan fingerprint density at radius 2 is 1.86 bits per heavy atom. The average molecular weight is 521 g/mol. The zero-order valence-corrected chi connectivity index (χ0v) is 20.8. The normalized spacial score (nSPS) is 13.2. The van der Waals surface area contributed by atoms with Crippen LogP contribution in [0.5, 0.6) is 5.88 Å². The Morgan fingerprint density at radius 1 is 1.11 bits per heavy atom. The first-order chi connectivity index (χ1) is 17.9. The van der Waals surface area contributed by atoms with E-state index in [4.69, 9.17) is 20.8 Å². The van der Waals surface area contributed by atoms with Gasteiger partial charge in [0.1, 0.15) is 17.4 Å². The lowest BCUT2D eigenvalue weighted by atomic mass is 9.88. The standard InChI is InChI=1S/C29H23ClF2N2O3/c1-36-26-9-6-18-2-3-20(27(18)34-26)13-25(35)14-21(10-17-11-23(31)15-24(32)12-17)28-29(37-16-33-28)19-4-7-22(30)8-5-19/h3-9,11-12,15-16,21H,2,10,13-14H2,1H3. The van der Waals surface area contributed by atoms with Crippen LogP contribution in [-0.2, 0) is 17.6 Å². The van der Waals surface area contributed by atoms with Crippen molar-refractivity contribution in [2.75, 3.05) is 7.11 Å². The van der Waals surface area contributed by atoms with E-state index in [0.29, 0.717) is 34.3 Å². The molecule has 0 aliphatic heterocycles. The van der Waals surface area contributed by atoms with Crippen molar-refractivity contribution in [1.82, 2.24) is 9.97 Å². The highest BCUT2D eigenvalue weighted by Gasteiger charge is 2.26. The van der Waals surface area contributed by atoms with Gasteiger partial charge in [-0.1, -0.05) is 23.7 Å². The third kappa shape index (κ3) is 5.62. The summed E-state index contributed by atoms with van der Waals surface area (Å²) in [6.45, 7) is 0. The van der Waals surface area contributed by atoms with E-state index >= 15 is 0 Å². The molecule has 5 rings (SSSR count). The third-order valence-corrected chi connectivity index (χ3v) is 6.64. The molecule has 37 heavy (non-hydrogen) atoms. The van der Waals surface area contributed by atoms with E-state index in [2.05, 4.69) is 9.97 Å². The minimum atomic E-state index is -0.675. The van der Waals surface area contributed by atoms with Gasteiger partial charge in [-0.3, -0.25) is 4.79 Å². The zero-order valence-electron chi connectivity index (χ0n) is 20.0. The predicted octanol–water partition coefficient (Wildman–Crippen LogP) is 6.99. The van der Waals surface area contributed by atoms with Gasteiger partial charge < -0.3 is 9.15 Å². The Balaban J connectivity index is 1.43. The summed E-state index contributed by atoms with van der Waals surface area (Å²) in [7, 11) is 1.55. The summed E-state index contributed by atoms with van der Waals surface area (Å²) >= 11 is 6.04. The zero-order chi connectivity index (χ0) is 25.9. The summed E-state index contributed by atoms with van der Waals surface area (Å²) in [4.78, 5) is 22.3. The number of carbonyl (C=O) groups is 1. The molecule has 0 saturated heterocycles. The maximum Gasteiger partial charge on any atom is 0.213 e. The van der Waals surface area contributed by atoms with E-state index in [-0.39, 0.29) is 25.0 Å². The Hall–Kier alpha value is -3.84. The number of allylic oxidation sites excluding steroid dienone is 2. The maximum absolute atomic E-state index is 14.0. The lowest BCUT2D eigenvalue weighted by Gasteiger charge is -2.16. The van der Waals surface area contributed by atoms with Crippen molar-refractivity contribution in [3.05, 3.63) is 106 Å². The number of rotatable bonds is 9. The number of halogens is 3. The lowest BCUT2D eigenvalue weighted by Crippen LogP contribution is -2.12. The Morgan fingerprint density at radius 3 is 2.59 bits per heavy atom. The number of Topliss-reactive ketones (excluding diaryl/α,β-unsaturated/α-hetero) is 1. The minimum Gasteiger partial charge on any atom is -0.481 e.